The Morgan fingerprint density at radius 1 is 0.974 bits per heavy atom. The maximum absolute atomic E-state index is 13.9. The van der Waals surface area contributed by atoms with Gasteiger partial charge in [-0.15, -0.1) is 10.2 Å². The normalized spacial score (nSPS) is 12.9. The molecule has 2 aromatic heterocycles. The molecule has 0 saturated carbocycles. The fourth-order valence-electron chi connectivity index (χ4n) is 4.79. The molecule has 10 nitrogen and oxygen atoms in total. The Hall–Kier alpha value is -5.12. The largest absolute Gasteiger partial charge is 0.497 e. The molecule has 0 unspecified atom stereocenters. The molecule has 0 N–H and O–H groups in total. The number of carbonyl (C=O) groups is 2. The van der Waals surface area contributed by atoms with Crippen LogP contribution in [0, 0.1) is 0 Å². The van der Waals surface area contributed by atoms with E-state index in [0.717, 1.165) is 40.0 Å². The fourth-order valence-corrected chi connectivity index (χ4v) is 4.79. The first kappa shape index (κ1) is 23.3. The fraction of sp³-hybridized carbons (Fsp3) is 0.143. The highest BCUT2D eigenvalue weighted by molar-refractivity contribution is 6.07. The molecule has 5 aromatic rings. The Labute approximate surface area is 218 Å². The number of nitrogens with zero attached hydrogens (tertiary/aromatic N) is 7. The van der Waals surface area contributed by atoms with Crippen molar-refractivity contribution in [2.75, 3.05) is 18.6 Å². The van der Waals surface area contributed by atoms with Gasteiger partial charge in [0.1, 0.15) is 18.0 Å². The summed E-state index contributed by atoms with van der Waals surface area (Å²) in [6, 6.07) is 22.5. The molecule has 1 aliphatic rings. The number of aromatic nitrogens is 6. The van der Waals surface area contributed by atoms with Crippen molar-refractivity contribution < 1.29 is 14.3 Å². The zero-order valence-electron chi connectivity index (χ0n) is 20.6. The summed E-state index contributed by atoms with van der Waals surface area (Å²) < 4.78 is 6.98. The average molecular weight is 506 g/mol. The number of amides is 1. The number of rotatable bonds is 7. The summed E-state index contributed by atoms with van der Waals surface area (Å²) in [7, 11) is 1.61. The Morgan fingerprint density at radius 2 is 1.74 bits per heavy atom. The van der Waals surface area contributed by atoms with Gasteiger partial charge >= 0.3 is 0 Å². The third-order valence-electron chi connectivity index (χ3n) is 6.68. The molecule has 0 radical (unpaired) electrons. The van der Waals surface area contributed by atoms with Crippen molar-refractivity contribution in [1.29, 1.82) is 0 Å². The lowest BCUT2D eigenvalue weighted by atomic mass is 9.99. The second-order valence-corrected chi connectivity index (χ2v) is 8.81. The number of anilines is 1. The highest BCUT2D eigenvalue weighted by Crippen LogP contribution is 2.31. The Kier molecular flexibility index (Phi) is 5.97. The number of fused-ring (bicyclic) bond motifs is 1. The van der Waals surface area contributed by atoms with Gasteiger partial charge < -0.3 is 9.64 Å². The first-order chi connectivity index (χ1) is 18.7. The number of carbonyl (C=O) groups excluding carboxylic acids is 2. The summed E-state index contributed by atoms with van der Waals surface area (Å²) >= 11 is 0. The lowest BCUT2D eigenvalue weighted by molar-refractivity contribution is 0.0972. The van der Waals surface area contributed by atoms with Crippen molar-refractivity contribution in [2.45, 2.75) is 13.0 Å². The maximum Gasteiger partial charge on any atom is 0.277 e. The Balaban J connectivity index is 1.37. The van der Waals surface area contributed by atoms with Crippen LogP contribution in [0.1, 0.15) is 32.1 Å². The van der Waals surface area contributed by atoms with E-state index in [-0.39, 0.29) is 5.91 Å². The molecule has 1 amide bonds. The number of hydrogen-bond donors (Lipinski definition) is 0. The molecule has 0 fully saturated rings. The summed E-state index contributed by atoms with van der Waals surface area (Å²) in [5.41, 5.74) is 6.01. The van der Waals surface area contributed by atoms with E-state index in [1.807, 2.05) is 66.7 Å². The van der Waals surface area contributed by atoms with Crippen molar-refractivity contribution in [1.82, 2.24) is 30.0 Å². The Morgan fingerprint density at radius 3 is 2.45 bits per heavy atom. The average Bonchev–Trinajstić information content (AvgIpc) is 3.62. The van der Waals surface area contributed by atoms with E-state index >= 15 is 0 Å². The highest BCUT2D eigenvalue weighted by Gasteiger charge is 2.33. The van der Waals surface area contributed by atoms with Crippen molar-refractivity contribution in [3.63, 3.8) is 0 Å². The van der Waals surface area contributed by atoms with Crippen LogP contribution in [0.2, 0.25) is 0 Å². The summed E-state index contributed by atoms with van der Waals surface area (Å²) in [5.74, 6) is 0.569. The van der Waals surface area contributed by atoms with Gasteiger partial charge in [-0.25, -0.2) is 4.68 Å². The third kappa shape index (κ3) is 4.11. The minimum atomic E-state index is -0.145. The summed E-state index contributed by atoms with van der Waals surface area (Å²) in [5, 5.41) is 16.7. The van der Waals surface area contributed by atoms with Crippen LogP contribution in [0.3, 0.4) is 0 Å². The summed E-state index contributed by atoms with van der Waals surface area (Å²) in [4.78, 5) is 28.6. The van der Waals surface area contributed by atoms with E-state index in [1.165, 1.54) is 11.1 Å². The van der Waals surface area contributed by atoms with Crippen molar-refractivity contribution >= 4 is 17.9 Å². The van der Waals surface area contributed by atoms with Crippen LogP contribution in [0.4, 0.5) is 5.69 Å². The number of hydrogen-bond acceptors (Lipinski definition) is 7. The second kappa shape index (κ2) is 9.74. The van der Waals surface area contributed by atoms with Crippen molar-refractivity contribution in [2.24, 2.45) is 0 Å². The molecule has 3 aromatic carbocycles. The number of methoxy groups -OCH3 is 1. The highest BCUT2D eigenvalue weighted by atomic mass is 16.5. The van der Waals surface area contributed by atoms with E-state index < -0.39 is 0 Å². The molecular weight excluding hydrogens is 482 g/mol. The Bertz CT molecular complexity index is 1610. The standard InChI is InChI=1S/C28H23N7O3/c1-38-23-12-10-22(11-13-23)35-27-25(26(31-35)16-34-30-18-29-32-34)14-15-33(28(27)37)21-8-6-19(7-9-21)24-5-3-2-4-20(24)17-36/h2-13,17-18H,14-16H2,1H3. The van der Waals surface area contributed by atoms with Gasteiger partial charge in [-0.3, -0.25) is 9.59 Å². The first-order valence-electron chi connectivity index (χ1n) is 12.1. The van der Waals surface area contributed by atoms with Gasteiger partial charge in [0.15, 0.2) is 12.6 Å². The van der Waals surface area contributed by atoms with Crippen LogP contribution in [0.25, 0.3) is 16.8 Å². The van der Waals surface area contributed by atoms with Crippen LogP contribution in [-0.2, 0) is 13.0 Å². The number of benzene rings is 3. The lowest BCUT2D eigenvalue weighted by Crippen LogP contribution is -2.38. The van der Waals surface area contributed by atoms with E-state index in [0.29, 0.717) is 36.5 Å². The van der Waals surface area contributed by atoms with Crippen LogP contribution in [0.15, 0.2) is 79.1 Å². The van der Waals surface area contributed by atoms with Gasteiger partial charge in [0.05, 0.1) is 18.5 Å². The topological polar surface area (TPSA) is 108 Å². The maximum atomic E-state index is 13.9. The van der Waals surface area contributed by atoms with E-state index in [4.69, 9.17) is 9.84 Å². The number of ether oxygens (including phenoxy) is 1. The minimum Gasteiger partial charge on any atom is -0.497 e. The van der Waals surface area contributed by atoms with Gasteiger partial charge in [-0.1, -0.05) is 36.4 Å². The molecule has 0 atom stereocenters. The molecule has 1 aliphatic heterocycles. The SMILES string of the molecule is COc1ccc(-n2nc(Cn3ncnn3)c3c2C(=O)N(c2ccc(-c4ccccc4C=O)cc2)CC3)cc1. The van der Waals surface area contributed by atoms with Crippen LogP contribution >= 0.6 is 0 Å². The van der Waals surface area contributed by atoms with E-state index in [9.17, 15) is 9.59 Å². The molecular formula is C28H23N7O3. The molecule has 0 saturated heterocycles. The van der Waals surface area contributed by atoms with E-state index in [2.05, 4.69) is 15.4 Å². The van der Waals surface area contributed by atoms with Gasteiger partial charge in [0.2, 0.25) is 0 Å². The third-order valence-corrected chi connectivity index (χ3v) is 6.68. The smallest absolute Gasteiger partial charge is 0.277 e. The van der Waals surface area contributed by atoms with Gasteiger partial charge in [-0.05, 0) is 59.2 Å². The van der Waals surface area contributed by atoms with E-state index in [1.54, 1.807) is 22.8 Å². The molecule has 3 heterocycles. The molecule has 0 aliphatic carbocycles. The summed E-state index contributed by atoms with van der Waals surface area (Å²) in [6.45, 7) is 0.811. The molecule has 38 heavy (non-hydrogen) atoms. The second-order valence-electron chi connectivity index (χ2n) is 8.81. The van der Waals surface area contributed by atoms with Crippen LogP contribution in [-0.4, -0.2) is 55.8 Å². The zero-order valence-corrected chi connectivity index (χ0v) is 20.6. The quantitative estimate of drug-likeness (QED) is 0.311. The van der Waals surface area contributed by atoms with Gasteiger partial charge in [0.25, 0.3) is 5.91 Å². The monoisotopic (exact) mass is 505 g/mol. The molecule has 6 rings (SSSR count). The van der Waals surface area contributed by atoms with Crippen LogP contribution in [0.5, 0.6) is 5.75 Å². The zero-order chi connectivity index (χ0) is 26.1. The first-order valence-corrected chi connectivity index (χ1v) is 12.1. The van der Waals surface area contributed by atoms with Gasteiger partial charge in [0, 0.05) is 23.4 Å². The molecule has 10 heteroatoms. The lowest BCUT2D eigenvalue weighted by Gasteiger charge is -2.28. The minimum absolute atomic E-state index is 0.145. The van der Waals surface area contributed by atoms with Crippen molar-refractivity contribution in [3.05, 3.63) is 102 Å². The number of tetrazole rings is 1. The van der Waals surface area contributed by atoms with Crippen molar-refractivity contribution in [3.8, 4) is 22.6 Å². The predicted molar refractivity (Wildman–Crippen MR) is 140 cm³/mol. The molecule has 0 bridgehead atoms. The summed E-state index contributed by atoms with van der Waals surface area (Å²) in [6.07, 6.45) is 2.85. The van der Waals surface area contributed by atoms with Gasteiger partial charge in [-0.2, -0.15) is 9.90 Å². The number of aldehydes is 1. The molecule has 188 valence electrons. The molecule has 0 spiro atoms. The van der Waals surface area contributed by atoms with Crippen LogP contribution < -0.4 is 9.64 Å². The predicted octanol–water partition coefficient (Wildman–Crippen LogP) is 3.60.